The largest absolute Gasteiger partial charge is 0.489 e. The standard InChI is InChI=1S/C22H21ClN4O4S/c1-3-30-14-20-18(10-24)8-17(9-21(20)23)16-4-6-19(7-5-16)31-13-15-11-25-22(26-12-15)27-32(2,28)29/h4-9,11-12H,3,13-14H2,1-2H3,(H,25,26,27). The van der Waals surface area contributed by atoms with Gasteiger partial charge >= 0.3 is 0 Å². The summed E-state index contributed by atoms with van der Waals surface area (Å²) in [5, 5.41) is 9.97. The highest BCUT2D eigenvalue weighted by atomic mass is 35.5. The Balaban J connectivity index is 1.68. The van der Waals surface area contributed by atoms with Crippen LogP contribution in [0.15, 0.2) is 48.8 Å². The highest BCUT2D eigenvalue weighted by Crippen LogP contribution is 2.30. The molecule has 0 bridgehead atoms. The van der Waals surface area contributed by atoms with Crippen molar-refractivity contribution in [1.82, 2.24) is 9.97 Å². The van der Waals surface area contributed by atoms with Gasteiger partial charge in [-0.15, -0.1) is 0 Å². The number of hydrogen-bond donors (Lipinski definition) is 1. The minimum absolute atomic E-state index is 0.00303. The first kappa shape index (κ1) is 23.5. The molecule has 1 aromatic heterocycles. The van der Waals surface area contributed by atoms with Crippen LogP contribution in [-0.4, -0.2) is 31.2 Å². The zero-order valence-corrected chi connectivity index (χ0v) is 19.1. The fourth-order valence-electron chi connectivity index (χ4n) is 2.81. The van der Waals surface area contributed by atoms with Gasteiger partial charge in [0.1, 0.15) is 12.4 Å². The maximum Gasteiger partial charge on any atom is 0.236 e. The molecule has 0 fully saturated rings. The van der Waals surface area contributed by atoms with Crippen LogP contribution < -0.4 is 9.46 Å². The number of nitrogens with one attached hydrogen (secondary N) is 1. The Labute approximate surface area is 191 Å². The van der Waals surface area contributed by atoms with Crippen LogP contribution in [0.1, 0.15) is 23.6 Å². The van der Waals surface area contributed by atoms with Gasteiger partial charge in [0.25, 0.3) is 0 Å². The second-order valence-electron chi connectivity index (χ2n) is 6.84. The molecule has 0 saturated carbocycles. The maximum absolute atomic E-state index is 11.2. The van der Waals surface area contributed by atoms with Crippen molar-refractivity contribution in [2.24, 2.45) is 0 Å². The van der Waals surface area contributed by atoms with E-state index in [1.165, 1.54) is 12.4 Å². The number of benzene rings is 2. The average Bonchev–Trinajstić information content (AvgIpc) is 2.76. The Bertz CT molecular complexity index is 1220. The number of rotatable bonds is 9. The lowest BCUT2D eigenvalue weighted by atomic mass is 9.99. The van der Waals surface area contributed by atoms with Crippen LogP contribution >= 0.6 is 11.6 Å². The third kappa shape index (κ3) is 6.40. The SMILES string of the molecule is CCOCc1c(Cl)cc(-c2ccc(OCc3cnc(NS(C)(=O)=O)nc3)cc2)cc1C#N. The summed E-state index contributed by atoms with van der Waals surface area (Å²) in [6, 6.07) is 13.2. The van der Waals surface area contributed by atoms with E-state index in [1.807, 2.05) is 37.3 Å². The summed E-state index contributed by atoms with van der Waals surface area (Å²) in [7, 11) is -3.42. The van der Waals surface area contributed by atoms with Gasteiger partial charge in [-0.25, -0.2) is 18.4 Å². The topological polar surface area (TPSA) is 114 Å². The molecule has 0 aliphatic heterocycles. The third-order valence-electron chi connectivity index (χ3n) is 4.34. The van der Waals surface area contributed by atoms with E-state index in [2.05, 4.69) is 20.8 Å². The lowest BCUT2D eigenvalue weighted by Gasteiger charge is -2.11. The first-order valence-corrected chi connectivity index (χ1v) is 11.9. The minimum Gasteiger partial charge on any atom is -0.489 e. The number of anilines is 1. The van der Waals surface area contributed by atoms with Crippen LogP contribution in [0.3, 0.4) is 0 Å². The summed E-state index contributed by atoms with van der Waals surface area (Å²) in [5.74, 6) is 0.634. The summed E-state index contributed by atoms with van der Waals surface area (Å²) in [4.78, 5) is 7.90. The molecule has 3 aromatic rings. The monoisotopic (exact) mass is 472 g/mol. The first-order valence-electron chi connectivity index (χ1n) is 9.61. The van der Waals surface area contributed by atoms with Crippen molar-refractivity contribution in [3.8, 4) is 22.9 Å². The average molecular weight is 473 g/mol. The fraction of sp³-hybridized carbons (Fsp3) is 0.227. The molecule has 0 radical (unpaired) electrons. The molecular weight excluding hydrogens is 452 g/mol. The van der Waals surface area contributed by atoms with E-state index in [0.29, 0.717) is 40.7 Å². The molecule has 1 heterocycles. The zero-order valence-electron chi connectivity index (χ0n) is 17.5. The molecule has 10 heteroatoms. The van der Waals surface area contributed by atoms with Crippen molar-refractivity contribution >= 4 is 27.6 Å². The van der Waals surface area contributed by atoms with Gasteiger partial charge in [0.15, 0.2) is 0 Å². The predicted octanol–water partition coefficient (Wildman–Crippen LogP) is 4.16. The Hall–Kier alpha value is -3.19. The molecule has 32 heavy (non-hydrogen) atoms. The minimum atomic E-state index is -3.42. The molecule has 0 saturated heterocycles. The van der Waals surface area contributed by atoms with Crippen molar-refractivity contribution in [2.45, 2.75) is 20.1 Å². The van der Waals surface area contributed by atoms with Crippen molar-refractivity contribution < 1.29 is 17.9 Å². The molecule has 1 N–H and O–H groups in total. The van der Waals surface area contributed by atoms with Gasteiger partial charge in [-0.05, 0) is 42.3 Å². The summed E-state index contributed by atoms with van der Waals surface area (Å²) in [5.41, 5.74) is 3.55. The quantitative estimate of drug-likeness (QED) is 0.497. The van der Waals surface area contributed by atoms with Gasteiger partial charge in [-0.3, -0.25) is 4.72 Å². The van der Waals surface area contributed by atoms with Crippen molar-refractivity contribution in [1.29, 1.82) is 5.26 Å². The molecule has 166 valence electrons. The van der Waals surface area contributed by atoms with E-state index in [4.69, 9.17) is 21.1 Å². The number of nitriles is 1. The Kier molecular flexibility index (Phi) is 7.64. The van der Waals surface area contributed by atoms with E-state index < -0.39 is 10.0 Å². The van der Waals surface area contributed by atoms with E-state index >= 15 is 0 Å². The maximum atomic E-state index is 11.2. The second-order valence-corrected chi connectivity index (χ2v) is 8.99. The molecule has 8 nitrogen and oxygen atoms in total. The van der Waals surface area contributed by atoms with E-state index in [1.54, 1.807) is 6.07 Å². The highest BCUT2D eigenvalue weighted by molar-refractivity contribution is 7.91. The number of halogens is 1. The molecule has 0 atom stereocenters. The Morgan fingerprint density at radius 1 is 1.09 bits per heavy atom. The van der Waals surface area contributed by atoms with Crippen LogP contribution in [-0.2, 0) is 28.0 Å². The molecule has 0 amide bonds. The third-order valence-corrected chi connectivity index (χ3v) is 5.23. The summed E-state index contributed by atoms with van der Waals surface area (Å²) < 4.78 is 35.7. The summed E-state index contributed by atoms with van der Waals surface area (Å²) in [6.45, 7) is 2.93. The lowest BCUT2D eigenvalue weighted by Crippen LogP contribution is -2.12. The smallest absolute Gasteiger partial charge is 0.236 e. The van der Waals surface area contributed by atoms with E-state index in [0.717, 1.165) is 17.4 Å². The molecule has 0 unspecified atom stereocenters. The Morgan fingerprint density at radius 2 is 1.78 bits per heavy atom. The van der Waals surface area contributed by atoms with Crippen LogP contribution in [0, 0.1) is 11.3 Å². The first-order chi connectivity index (χ1) is 15.3. The number of sulfonamides is 1. The molecule has 2 aromatic carbocycles. The van der Waals surface area contributed by atoms with Gasteiger partial charge in [-0.2, -0.15) is 5.26 Å². The fourth-order valence-corrected chi connectivity index (χ4v) is 3.52. The lowest BCUT2D eigenvalue weighted by molar-refractivity contribution is 0.134. The van der Waals surface area contributed by atoms with Gasteiger partial charge in [0, 0.05) is 35.2 Å². The molecular formula is C22H21ClN4O4S. The van der Waals surface area contributed by atoms with Gasteiger partial charge in [0.05, 0.1) is 24.5 Å². The summed E-state index contributed by atoms with van der Waals surface area (Å²) >= 11 is 6.39. The summed E-state index contributed by atoms with van der Waals surface area (Å²) in [6.07, 6.45) is 4.01. The normalized spacial score (nSPS) is 11.1. The molecule has 0 spiro atoms. The number of ether oxygens (including phenoxy) is 2. The number of hydrogen-bond acceptors (Lipinski definition) is 7. The van der Waals surface area contributed by atoms with Gasteiger partial charge in [0.2, 0.25) is 16.0 Å². The molecule has 3 rings (SSSR count). The number of nitrogens with zero attached hydrogens (tertiary/aromatic N) is 3. The van der Waals surface area contributed by atoms with Crippen molar-refractivity contribution in [3.05, 3.63) is 70.5 Å². The number of aromatic nitrogens is 2. The van der Waals surface area contributed by atoms with E-state index in [-0.39, 0.29) is 12.6 Å². The van der Waals surface area contributed by atoms with Gasteiger partial charge < -0.3 is 9.47 Å². The zero-order chi connectivity index (χ0) is 23.1. The molecule has 0 aliphatic carbocycles. The van der Waals surface area contributed by atoms with Crippen LogP contribution in [0.5, 0.6) is 5.75 Å². The second kappa shape index (κ2) is 10.4. The van der Waals surface area contributed by atoms with Crippen LogP contribution in [0.25, 0.3) is 11.1 Å². The molecule has 0 aliphatic rings. The highest BCUT2D eigenvalue weighted by Gasteiger charge is 2.11. The van der Waals surface area contributed by atoms with Crippen molar-refractivity contribution in [2.75, 3.05) is 17.6 Å². The Morgan fingerprint density at radius 3 is 2.38 bits per heavy atom. The van der Waals surface area contributed by atoms with Crippen LogP contribution in [0.4, 0.5) is 5.95 Å². The van der Waals surface area contributed by atoms with E-state index in [9.17, 15) is 13.7 Å². The predicted molar refractivity (Wildman–Crippen MR) is 122 cm³/mol. The van der Waals surface area contributed by atoms with Gasteiger partial charge in [-0.1, -0.05) is 23.7 Å². The van der Waals surface area contributed by atoms with Crippen LogP contribution in [0.2, 0.25) is 5.02 Å². The van der Waals surface area contributed by atoms with Crippen molar-refractivity contribution in [3.63, 3.8) is 0 Å².